The molecule has 0 bridgehead atoms. The van der Waals surface area contributed by atoms with Crippen LogP contribution in [0.15, 0.2) is 53.1 Å². The monoisotopic (exact) mass is 656 g/mol. The van der Waals surface area contributed by atoms with Gasteiger partial charge in [0.25, 0.3) is 0 Å². The Balaban J connectivity index is 1.78. The van der Waals surface area contributed by atoms with Crippen LogP contribution >= 0.6 is 19.4 Å². The van der Waals surface area contributed by atoms with Crippen molar-refractivity contribution in [3.63, 3.8) is 0 Å². The highest BCUT2D eigenvalue weighted by molar-refractivity contribution is 7.48. The summed E-state index contributed by atoms with van der Waals surface area (Å²) in [7, 11) is -3.68. The van der Waals surface area contributed by atoms with Crippen molar-refractivity contribution in [1.29, 1.82) is 0 Å². The molecule has 2 N–H and O–H groups in total. The van der Waals surface area contributed by atoms with Crippen LogP contribution < -0.4 is 15.5 Å². The number of hydrazine groups is 1. The molecule has 1 atom stereocenters. The number of nitrogens with one attached hydrogen (secondary N) is 1. The van der Waals surface area contributed by atoms with Gasteiger partial charge >= 0.3 is 13.9 Å². The molecule has 3 rings (SSSR count). The highest BCUT2D eigenvalue weighted by atomic mass is 35.5. The van der Waals surface area contributed by atoms with Gasteiger partial charge in [-0.05, 0) is 45.2 Å². The van der Waals surface area contributed by atoms with Crippen LogP contribution in [0.4, 0.5) is 20.7 Å². The predicted octanol–water partition coefficient (Wildman–Crippen LogP) is 6.89. The lowest BCUT2D eigenvalue weighted by Gasteiger charge is -2.24. The Morgan fingerprint density at radius 1 is 1.11 bits per heavy atom. The molecule has 3 aromatic rings. The second kappa shape index (κ2) is 16.6. The normalized spacial score (nSPS) is 12.2. The molecular formula is C28H35ClFN4O9P. The number of ether oxygens (including phenoxy) is 1. The molecule has 0 radical (unpaired) electrons. The van der Waals surface area contributed by atoms with Gasteiger partial charge in [-0.3, -0.25) is 23.6 Å². The Bertz CT molecular complexity index is 1440. The van der Waals surface area contributed by atoms with E-state index in [1.807, 2.05) is 0 Å². The largest absolute Gasteiger partial charge is 0.474 e. The van der Waals surface area contributed by atoms with Crippen LogP contribution in [0.5, 0.6) is 0 Å². The van der Waals surface area contributed by atoms with Gasteiger partial charge < -0.3 is 9.26 Å². The van der Waals surface area contributed by atoms with Crippen molar-refractivity contribution < 1.29 is 46.6 Å². The van der Waals surface area contributed by atoms with Gasteiger partial charge in [-0.15, -0.1) is 5.06 Å². The van der Waals surface area contributed by atoms with Gasteiger partial charge in [0.05, 0.1) is 24.8 Å². The summed E-state index contributed by atoms with van der Waals surface area (Å²) in [5, 5.41) is 15.7. The van der Waals surface area contributed by atoms with E-state index >= 15 is 0 Å². The molecule has 0 aliphatic heterocycles. The fourth-order valence-corrected chi connectivity index (χ4v) is 5.34. The first kappa shape index (κ1) is 35.1. The van der Waals surface area contributed by atoms with Crippen LogP contribution in [0, 0.1) is 5.82 Å². The number of hydrogen-bond acceptors (Lipinski definition) is 11. The zero-order valence-electron chi connectivity index (χ0n) is 24.7. The number of nitrogens with zero attached hydrogens (tertiary/aromatic N) is 3. The minimum absolute atomic E-state index is 0.00441. The van der Waals surface area contributed by atoms with Gasteiger partial charge in [0.15, 0.2) is 11.4 Å². The molecule has 240 valence electrons. The Labute approximate surface area is 259 Å². The molecule has 1 unspecified atom stereocenters. The molecule has 0 saturated carbocycles. The third-order valence-corrected chi connectivity index (χ3v) is 8.01. The van der Waals surface area contributed by atoms with Crippen LogP contribution in [0.2, 0.25) is 5.02 Å². The Morgan fingerprint density at radius 2 is 1.80 bits per heavy atom. The highest BCUT2D eigenvalue weighted by Gasteiger charge is 2.33. The van der Waals surface area contributed by atoms with Crippen LogP contribution in [0.3, 0.4) is 0 Å². The summed E-state index contributed by atoms with van der Waals surface area (Å²) >= 11 is 6.08. The second-order valence-corrected chi connectivity index (χ2v) is 11.3. The molecule has 1 heterocycles. The number of phosphoric ester groups is 1. The molecule has 2 aromatic carbocycles. The fourth-order valence-electron chi connectivity index (χ4n) is 3.94. The van der Waals surface area contributed by atoms with Crippen molar-refractivity contribution in [3.05, 3.63) is 64.9 Å². The van der Waals surface area contributed by atoms with E-state index in [1.165, 1.54) is 19.1 Å². The van der Waals surface area contributed by atoms with E-state index in [0.717, 1.165) is 5.01 Å². The lowest BCUT2D eigenvalue weighted by Crippen LogP contribution is -2.43. The van der Waals surface area contributed by atoms with Crippen molar-refractivity contribution >= 4 is 42.9 Å². The van der Waals surface area contributed by atoms with E-state index in [0.29, 0.717) is 17.5 Å². The molecule has 0 spiro atoms. The number of aromatic nitrogens is 1. The van der Waals surface area contributed by atoms with E-state index in [2.05, 4.69) is 10.6 Å². The third kappa shape index (κ3) is 9.32. The minimum Gasteiger partial charge on any atom is -0.445 e. The Hall–Kier alpha value is -3.36. The average Bonchev–Trinajstić information content (AvgIpc) is 3.42. The lowest BCUT2D eigenvalue weighted by atomic mass is 10.1. The molecule has 1 aromatic heterocycles. The topological polar surface area (TPSA) is 153 Å². The second-order valence-electron chi connectivity index (χ2n) is 9.22. The van der Waals surface area contributed by atoms with E-state index < -0.39 is 37.6 Å². The Kier molecular flexibility index (Phi) is 13.3. The van der Waals surface area contributed by atoms with Crippen LogP contribution in [-0.2, 0) is 34.2 Å². The molecule has 0 aliphatic carbocycles. The molecule has 16 heteroatoms. The van der Waals surface area contributed by atoms with Crippen molar-refractivity contribution in [2.75, 3.05) is 29.9 Å². The van der Waals surface area contributed by atoms with Gasteiger partial charge in [0, 0.05) is 19.0 Å². The average molecular weight is 657 g/mol. The molecule has 2 amide bonds. The summed E-state index contributed by atoms with van der Waals surface area (Å²) < 4.78 is 52.7. The van der Waals surface area contributed by atoms with Gasteiger partial charge in [-0.1, -0.05) is 59.2 Å². The number of amides is 2. The number of phosphoric acid groups is 1. The van der Waals surface area contributed by atoms with Crippen LogP contribution in [0.1, 0.15) is 46.1 Å². The first-order valence-electron chi connectivity index (χ1n) is 13.8. The number of halogens is 2. The summed E-state index contributed by atoms with van der Waals surface area (Å²) in [6, 6.07) is 12.8. The number of hydroxylamine groups is 1. The summed E-state index contributed by atoms with van der Waals surface area (Å²) in [5.74, 6) is -1.63. The molecule has 0 saturated heterocycles. The summed E-state index contributed by atoms with van der Waals surface area (Å²) in [5.41, 5.74) is 3.55. The van der Waals surface area contributed by atoms with Gasteiger partial charge in [0.1, 0.15) is 11.9 Å². The number of carbonyl (C=O) groups excluding carboxylic acids is 2. The number of carbonyl (C=O) groups is 2. The maximum atomic E-state index is 14.0. The highest BCUT2D eigenvalue weighted by Crippen LogP contribution is 2.49. The molecule has 13 nitrogen and oxygen atoms in total. The molecule has 0 aliphatic rings. The van der Waals surface area contributed by atoms with Crippen molar-refractivity contribution in [3.8, 4) is 11.3 Å². The van der Waals surface area contributed by atoms with Gasteiger partial charge in [-0.25, -0.2) is 24.2 Å². The van der Waals surface area contributed by atoms with E-state index in [-0.39, 0.29) is 54.3 Å². The quantitative estimate of drug-likeness (QED) is 0.0717. The number of hydrogen-bond donors (Lipinski definition) is 2. The first-order valence-corrected chi connectivity index (χ1v) is 15.6. The zero-order chi connectivity index (χ0) is 32.3. The predicted molar refractivity (Wildman–Crippen MR) is 160 cm³/mol. The zero-order valence-corrected chi connectivity index (χ0v) is 26.3. The van der Waals surface area contributed by atoms with Gasteiger partial charge in [0.2, 0.25) is 11.7 Å². The van der Waals surface area contributed by atoms with E-state index in [1.54, 1.807) is 57.2 Å². The molecule has 0 fully saturated rings. The molecular weight excluding hydrogens is 622 g/mol. The number of anilines is 2. The Morgan fingerprint density at radius 3 is 2.43 bits per heavy atom. The van der Waals surface area contributed by atoms with Crippen LogP contribution in [-0.4, -0.2) is 48.3 Å². The van der Waals surface area contributed by atoms with E-state index in [4.69, 9.17) is 34.4 Å². The minimum atomic E-state index is -3.68. The SMILES string of the molecule is CCOP(=O)(OCC)OCCCC(C)OC(=O)N(O)c1noc(-c2ccccc2)c1N(NCc1cccc(F)c1Cl)C(C)=O. The third-order valence-electron chi connectivity index (χ3n) is 5.94. The summed E-state index contributed by atoms with van der Waals surface area (Å²) in [6.45, 7) is 6.31. The van der Waals surface area contributed by atoms with Crippen molar-refractivity contribution in [2.24, 2.45) is 0 Å². The molecule has 44 heavy (non-hydrogen) atoms. The summed E-state index contributed by atoms with van der Waals surface area (Å²) in [4.78, 5) is 25.8. The van der Waals surface area contributed by atoms with Crippen molar-refractivity contribution in [2.45, 2.75) is 53.2 Å². The first-order chi connectivity index (χ1) is 21.0. The maximum absolute atomic E-state index is 14.0. The number of rotatable bonds is 16. The van der Waals surface area contributed by atoms with E-state index in [9.17, 15) is 23.8 Å². The number of benzene rings is 2. The van der Waals surface area contributed by atoms with Crippen molar-refractivity contribution in [1.82, 2.24) is 10.6 Å². The standard InChI is InChI=1S/C28H35ClFN4O9P/c1-5-39-44(38,40-6-2)41-17-11-12-19(3)42-28(36)34(37)27-25(26(43-32-27)21-13-8-7-9-14-21)33(20(4)35)31-18-22-15-10-16-23(30)24(22)29/h7-10,13-16,19,31,37H,5-6,11-12,17-18H2,1-4H3. The maximum Gasteiger partial charge on any atom is 0.474 e. The van der Waals surface area contributed by atoms with Gasteiger partial charge in [-0.2, -0.15) is 0 Å². The summed E-state index contributed by atoms with van der Waals surface area (Å²) in [6.07, 6.45) is -1.34. The lowest BCUT2D eigenvalue weighted by molar-refractivity contribution is -0.117. The fraction of sp³-hybridized carbons (Fsp3) is 0.393. The smallest absolute Gasteiger partial charge is 0.445 e. The van der Waals surface area contributed by atoms with Crippen LogP contribution in [0.25, 0.3) is 11.3 Å².